The molecule has 1 atom stereocenters. The Morgan fingerprint density at radius 2 is 1.74 bits per heavy atom. The number of halogens is 1. The first-order chi connectivity index (χ1) is 17.0. The summed E-state index contributed by atoms with van der Waals surface area (Å²) in [7, 11) is 0. The van der Waals surface area contributed by atoms with Gasteiger partial charge in [0, 0.05) is 43.5 Å². The fourth-order valence-corrected chi connectivity index (χ4v) is 5.30. The van der Waals surface area contributed by atoms with Gasteiger partial charge in [0.25, 0.3) is 5.91 Å². The van der Waals surface area contributed by atoms with Gasteiger partial charge in [-0.05, 0) is 42.3 Å². The van der Waals surface area contributed by atoms with Gasteiger partial charge in [-0.3, -0.25) is 9.59 Å². The van der Waals surface area contributed by atoms with E-state index in [1.165, 1.54) is 6.07 Å². The van der Waals surface area contributed by atoms with Crippen LogP contribution in [0.3, 0.4) is 0 Å². The number of amides is 1. The summed E-state index contributed by atoms with van der Waals surface area (Å²) >= 11 is 0. The minimum atomic E-state index is -0.803. The molecule has 0 saturated carbocycles. The smallest absolute Gasteiger partial charge is 0.253 e. The van der Waals surface area contributed by atoms with Gasteiger partial charge < -0.3 is 9.64 Å². The number of carbonyl (C=O) groups is 2. The Hall–Kier alpha value is -3.98. The molecule has 0 radical (unpaired) electrons. The van der Waals surface area contributed by atoms with Crippen LogP contribution < -0.4 is 4.74 Å². The minimum Gasteiger partial charge on any atom is -0.486 e. The largest absolute Gasteiger partial charge is 0.486 e. The Bertz CT molecular complexity index is 1310. The van der Waals surface area contributed by atoms with Crippen LogP contribution in [-0.2, 0) is 0 Å². The lowest BCUT2D eigenvalue weighted by atomic mass is 9.71. The number of hydrogen-bond donors (Lipinski definition) is 0. The summed E-state index contributed by atoms with van der Waals surface area (Å²) in [4.78, 5) is 28.4. The van der Waals surface area contributed by atoms with Crippen LogP contribution in [0.2, 0.25) is 0 Å². The van der Waals surface area contributed by atoms with Crippen molar-refractivity contribution >= 4 is 11.7 Å². The average molecular weight is 469 g/mol. The monoisotopic (exact) mass is 468 g/mol. The lowest BCUT2D eigenvalue weighted by Gasteiger charge is -2.48. The van der Waals surface area contributed by atoms with Gasteiger partial charge in [0.2, 0.25) is 0 Å². The lowest BCUT2D eigenvalue weighted by molar-refractivity contribution is -0.0411. The minimum absolute atomic E-state index is 0.0431. The highest BCUT2D eigenvalue weighted by molar-refractivity contribution is 6.03. The first-order valence-electron chi connectivity index (χ1n) is 11.9. The number of benzene rings is 3. The molecule has 0 N–H and O–H groups in total. The third kappa shape index (κ3) is 4.19. The second-order valence-electron chi connectivity index (χ2n) is 9.13. The van der Waals surface area contributed by atoms with Crippen molar-refractivity contribution in [1.29, 1.82) is 5.26 Å². The van der Waals surface area contributed by atoms with E-state index in [4.69, 9.17) is 4.74 Å². The number of Topliss-reactive ketones (excluding diaryl/α,β-unsaturated/α-hetero) is 1. The zero-order valence-corrected chi connectivity index (χ0v) is 19.2. The van der Waals surface area contributed by atoms with E-state index in [0.717, 1.165) is 0 Å². The van der Waals surface area contributed by atoms with Crippen LogP contribution in [0.1, 0.15) is 46.4 Å². The van der Waals surface area contributed by atoms with Crippen molar-refractivity contribution in [3.8, 4) is 22.9 Å². The second-order valence-corrected chi connectivity index (χ2v) is 9.13. The molecule has 1 unspecified atom stereocenters. The molecule has 6 heteroatoms. The molecular formula is C29H25FN2O3. The number of fused-ring (bicyclic) bond motifs is 1. The Kier molecular flexibility index (Phi) is 6.08. The molecule has 0 aromatic heterocycles. The number of rotatable bonds is 4. The third-order valence-corrected chi connectivity index (χ3v) is 7.16. The SMILES string of the molecule is N#CCCC1C(=O)c2ccc(-c3ccccc3F)cc2OC12CCN(C(=O)c1ccccc1)CC2. The quantitative estimate of drug-likeness (QED) is 0.495. The van der Waals surface area contributed by atoms with Crippen molar-refractivity contribution in [3.63, 3.8) is 0 Å². The van der Waals surface area contributed by atoms with E-state index in [9.17, 15) is 19.2 Å². The zero-order chi connectivity index (χ0) is 24.4. The van der Waals surface area contributed by atoms with Crippen LogP contribution in [0.5, 0.6) is 5.75 Å². The highest BCUT2D eigenvalue weighted by atomic mass is 19.1. The van der Waals surface area contributed by atoms with Crippen molar-refractivity contribution in [1.82, 2.24) is 4.90 Å². The van der Waals surface area contributed by atoms with Gasteiger partial charge in [-0.1, -0.05) is 42.5 Å². The number of ether oxygens (including phenoxy) is 1. The van der Waals surface area contributed by atoms with Gasteiger partial charge in [0.05, 0.1) is 17.6 Å². The Labute approximate surface area is 203 Å². The molecule has 3 aromatic rings. The summed E-state index contributed by atoms with van der Waals surface area (Å²) in [5.74, 6) is -0.471. The van der Waals surface area contributed by atoms with Crippen molar-refractivity contribution in [2.75, 3.05) is 13.1 Å². The topological polar surface area (TPSA) is 70.4 Å². The van der Waals surface area contributed by atoms with Crippen LogP contribution >= 0.6 is 0 Å². The van der Waals surface area contributed by atoms with Crippen LogP contribution in [0, 0.1) is 23.1 Å². The molecule has 1 saturated heterocycles. The standard InChI is InChI=1S/C29H25FN2O3/c30-25-11-5-4-9-22(25)21-12-13-23-26(19-21)35-29(24(27(23)33)10-6-16-31)14-17-32(18-15-29)28(34)20-7-2-1-3-8-20/h1-5,7-9,11-13,19,24H,6,10,14-15,17-18H2. The molecule has 1 fully saturated rings. The molecule has 5 rings (SSSR count). The molecular weight excluding hydrogens is 443 g/mol. The normalized spacial score (nSPS) is 18.5. The fraction of sp³-hybridized carbons (Fsp3) is 0.276. The summed E-state index contributed by atoms with van der Waals surface area (Å²) < 4.78 is 21.0. The van der Waals surface area contributed by atoms with E-state index in [-0.39, 0.29) is 23.9 Å². The van der Waals surface area contributed by atoms with Crippen molar-refractivity contribution in [2.24, 2.45) is 5.92 Å². The lowest BCUT2D eigenvalue weighted by Crippen LogP contribution is -2.57. The van der Waals surface area contributed by atoms with Crippen LogP contribution in [-0.4, -0.2) is 35.3 Å². The molecule has 2 aliphatic heterocycles. The van der Waals surface area contributed by atoms with Crippen LogP contribution in [0.4, 0.5) is 4.39 Å². The number of likely N-dealkylation sites (tertiary alicyclic amines) is 1. The Morgan fingerprint density at radius 1 is 1.03 bits per heavy atom. The van der Waals surface area contributed by atoms with Gasteiger partial charge in [0.15, 0.2) is 5.78 Å². The molecule has 176 valence electrons. The molecule has 2 heterocycles. The second kappa shape index (κ2) is 9.34. The molecule has 1 spiro atoms. The van der Waals surface area contributed by atoms with E-state index in [0.29, 0.717) is 60.4 Å². The number of hydrogen-bond acceptors (Lipinski definition) is 4. The van der Waals surface area contributed by atoms with Crippen molar-refractivity contribution in [2.45, 2.75) is 31.3 Å². The maximum absolute atomic E-state index is 14.4. The number of ketones is 1. The van der Waals surface area contributed by atoms with Crippen molar-refractivity contribution < 1.29 is 18.7 Å². The van der Waals surface area contributed by atoms with Gasteiger partial charge in [-0.25, -0.2) is 4.39 Å². The van der Waals surface area contributed by atoms with Gasteiger partial charge in [-0.15, -0.1) is 0 Å². The van der Waals surface area contributed by atoms with Gasteiger partial charge in [-0.2, -0.15) is 5.26 Å². The fourth-order valence-electron chi connectivity index (χ4n) is 5.30. The first-order valence-corrected chi connectivity index (χ1v) is 11.9. The predicted octanol–water partition coefficient (Wildman–Crippen LogP) is 5.66. The molecule has 3 aromatic carbocycles. The van der Waals surface area contributed by atoms with Gasteiger partial charge in [0.1, 0.15) is 17.2 Å². The Morgan fingerprint density at radius 3 is 2.46 bits per heavy atom. The average Bonchev–Trinajstić information content (AvgIpc) is 2.89. The molecule has 5 nitrogen and oxygen atoms in total. The van der Waals surface area contributed by atoms with Gasteiger partial charge >= 0.3 is 0 Å². The third-order valence-electron chi connectivity index (χ3n) is 7.16. The summed E-state index contributed by atoms with van der Waals surface area (Å²) in [6.07, 6.45) is 1.61. The van der Waals surface area contributed by atoms with E-state index >= 15 is 0 Å². The van der Waals surface area contributed by atoms with Crippen molar-refractivity contribution in [3.05, 3.63) is 89.7 Å². The number of nitriles is 1. The van der Waals surface area contributed by atoms with Crippen LogP contribution in [0.15, 0.2) is 72.8 Å². The molecule has 35 heavy (non-hydrogen) atoms. The predicted molar refractivity (Wildman–Crippen MR) is 129 cm³/mol. The van der Waals surface area contributed by atoms with E-state index < -0.39 is 11.5 Å². The molecule has 2 aliphatic rings. The Balaban J connectivity index is 1.45. The number of carbonyl (C=O) groups excluding carboxylic acids is 2. The summed E-state index contributed by atoms with van der Waals surface area (Å²) in [5.41, 5.74) is 1.36. The number of nitrogens with zero attached hydrogens (tertiary/aromatic N) is 2. The first kappa shape index (κ1) is 22.8. The molecule has 0 bridgehead atoms. The molecule has 0 aliphatic carbocycles. The highest BCUT2D eigenvalue weighted by Gasteiger charge is 2.51. The zero-order valence-electron chi connectivity index (χ0n) is 19.2. The van der Waals surface area contributed by atoms with Crippen LogP contribution in [0.25, 0.3) is 11.1 Å². The molecule has 1 amide bonds. The van der Waals surface area contributed by atoms with E-state index in [1.54, 1.807) is 53.4 Å². The van der Waals surface area contributed by atoms with E-state index in [2.05, 4.69) is 6.07 Å². The highest BCUT2D eigenvalue weighted by Crippen LogP contribution is 2.46. The summed E-state index contributed by atoms with van der Waals surface area (Å²) in [6.45, 7) is 0.902. The number of piperidine rings is 1. The maximum atomic E-state index is 14.4. The summed E-state index contributed by atoms with van der Waals surface area (Å²) in [5, 5.41) is 9.20. The summed E-state index contributed by atoms with van der Waals surface area (Å²) in [6, 6.07) is 22.9. The maximum Gasteiger partial charge on any atom is 0.253 e. The van der Waals surface area contributed by atoms with E-state index in [1.807, 2.05) is 18.2 Å².